The summed E-state index contributed by atoms with van der Waals surface area (Å²) in [6.45, 7) is 0. The van der Waals surface area contributed by atoms with E-state index in [0.29, 0.717) is 16.6 Å². The molecule has 2 aromatic heterocycles. The first-order chi connectivity index (χ1) is 12.1. The quantitative estimate of drug-likeness (QED) is 0.872. The van der Waals surface area contributed by atoms with Crippen LogP contribution in [-0.4, -0.2) is 23.0 Å². The average Bonchev–Trinajstić information content (AvgIpc) is 3.07. The molecule has 1 aliphatic carbocycles. The van der Waals surface area contributed by atoms with Gasteiger partial charge in [-0.15, -0.1) is 11.3 Å². The lowest BCUT2D eigenvalue weighted by molar-refractivity contribution is 0.368. The van der Waals surface area contributed by atoms with Crippen molar-refractivity contribution in [2.45, 2.75) is 31.2 Å². The number of hydrogen-bond acceptors (Lipinski definition) is 7. The summed E-state index contributed by atoms with van der Waals surface area (Å²) in [5.41, 5.74) is 8.61. The van der Waals surface area contributed by atoms with Crippen LogP contribution in [0.25, 0.3) is 10.4 Å². The number of thiophene rings is 1. The van der Waals surface area contributed by atoms with Crippen LogP contribution in [0.3, 0.4) is 0 Å². The molecule has 0 saturated carbocycles. The van der Waals surface area contributed by atoms with Crippen molar-refractivity contribution < 1.29 is 4.74 Å². The van der Waals surface area contributed by atoms with Gasteiger partial charge in [-0.05, 0) is 43.4 Å². The maximum absolute atomic E-state index is 9.31. The Hall–Kier alpha value is -2.04. The van der Waals surface area contributed by atoms with Crippen molar-refractivity contribution in [2.75, 3.05) is 12.9 Å². The molecule has 3 heterocycles. The van der Waals surface area contributed by atoms with E-state index in [-0.39, 0.29) is 5.54 Å². The second-order valence-electron chi connectivity index (χ2n) is 6.27. The van der Waals surface area contributed by atoms with Crippen molar-refractivity contribution in [1.82, 2.24) is 4.98 Å². The molecule has 4 rings (SSSR count). The van der Waals surface area contributed by atoms with E-state index in [0.717, 1.165) is 41.9 Å². The molecule has 1 aliphatic heterocycles. The lowest BCUT2D eigenvalue weighted by atomic mass is 9.78. The molecule has 2 aromatic rings. The van der Waals surface area contributed by atoms with Gasteiger partial charge in [0.1, 0.15) is 11.6 Å². The Bertz CT molecular complexity index is 899. The zero-order chi connectivity index (χ0) is 17.4. The number of thioether (sulfide) groups is 1. The van der Waals surface area contributed by atoms with Gasteiger partial charge in [-0.3, -0.25) is 4.99 Å². The Morgan fingerprint density at radius 1 is 1.36 bits per heavy atom. The number of pyridine rings is 1. The number of rotatable bonds is 2. The number of nitrogens with zero attached hydrogens (tertiary/aromatic N) is 3. The minimum Gasteiger partial charge on any atom is -0.480 e. The van der Waals surface area contributed by atoms with Gasteiger partial charge in [0.25, 0.3) is 0 Å². The minimum atomic E-state index is -0.157. The number of aryl methyl sites for hydroxylation is 1. The van der Waals surface area contributed by atoms with Crippen LogP contribution >= 0.6 is 23.1 Å². The molecule has 25 heavy (non-hydrogen) atoms. The molecule has 1 spiro atoms. The van der Waals surface area contributed by atoms with Crippen LogP contribution in [0.5, 0.6) is 5.88 Å². The Balaban J connectivity index is 1.79. The number of fused-ring (bicyclic) bond motifs is 2. The van der Waals surface area contributed by atoms with Crippen LogP contribution in [0.15, 0.2) is 23.3 Å². The summed E-state index contributed by atoms with van der Waals surface area (Å²) >= 11 is 3.43. The predicted molar refractivity (Wildman–Crippen MR) is 102 cm³/mol. The summed E-state index contributed by atoms with van der Waals surface area (Å²) in [7, 11) is 1.53. The van der Waals surface area contributed by atoms with E-state index < -0.39 is 0 Å². The van der Waals surface area contributed by atoms with E-state index >= 15 is 0 Å². The summed E-state index contributed by atoms with van der Waals surface area (Å²) in [5, 5.41) is 10.0. The molecular weight excluding hydrogens is 352 g/mol. The number of aliphatic imine (C=N–C) groups is 1. The van der Waals surface area contributed by atoms with Crippen molar-refractivity contribution in [3.8, 4) is 22.4 Å². The topological polar surface area (TPSA) is 84.3 Å². The average molecular weight is 371 g/mol. The van der Waals surface area contributed by atoms with Gasteiger partial charge in [0, 0.05) is 27.3 Å². The third-order valence-corrected chi connectivity index (χ3v) is 6.88. The molecule has 1 atom stereocenters. The van der Waals surface area contributed by atoms with Crippen LogP contribution < -0.4 is 10.5 Å². The zero-order valence-electron chi connectivity index (χ0n) is 13.9. The summed E-state index contributed by atoms with van der Waals surface area (Å²) < 4.78 is 5.15. The molecule has 2 N–H and O–H groups in total. The number of ether oxygens (including phenoxy) is 1. The van der Waals surface area contributed by atoms with E-state index in [1.54, 1.807) is 29.3 Å². The third kappa shape index (κ3) is 2.79. The van der Waals surface area contributed by atoms with E-state index in [2.05, 4.69) is 17.1 Å². The zero-order valence-corrected chi connectivity index (χ0v) is 15.5. The van der Waals surface area contributed by atoms with Crippen molar-refractivity contribution in [2.24, 2.45) is 10.7 Å². The van der Waals surface area contributed by atoms with Gasteiger partial charge in [0.15, 0.2) is 5.17 Å². The van der Waals surface area contributed by atoms with Gasteiger partial charge in [-0.2, -0.15) is 5.26 Å². The van der Waals surface area contributed by atoms with Crippen LogP contribution in [0.2, 0.25) is 0 Å². The molecule has 128 valence electrons. The smallest absolute Gasteiger partial charge is 0.231 e. The number of hydrogen-bond donors (Lipinski definition) is 1. The second kappa shape index (κ2) is 6.36. The second-order valence-corrected chi connectivity index (χ2v) is 8.53. The molecule has 0 radical (unpaired) electrons. The van der Waals surface area contributed by atoms with Crippen molar-refractivity contribution in [1.29, 1.82) is 5.26 Å². The first kappa shape index (κ1) is 16.4. The monoisotopic (exact) mass is 370 g/mol. The Labute approximate surface area is 154 Å². The van der Waals surface area contributed by atoms with Gasteiger partial charge in [-0.1, -0.05) is 11.8 Å². The summed E-state index contributed by atoms with van der Waals surface area (Å²) in [5.74, 6) is 1.38. The number of aromatic nitrogens is 1. The summed E-state index contributed by atoms with van der Waals surface area (Å²) in [6, 6.07) is 6.24. The molecule has 1 unspecified atom stereocenters. The number of amidine groups is 1. The molecule has 0 saturated heterocycles. The highest BCUT2D eigenvalue weighted by atomic mass is 32.2. The van der Waals surface area contributed by atoms with Crippen LogP contribution in [0.4, 0.5) is 0 Å². The molecule has 0 fully saturated rings. The normalized spacial score (nSPS) is 22.2. The fourth-order valence-electron chi connectivity index (χ4n) is 3.66. The Morgan fingerprint density at radius 2 is 2.24 bits per heavy atom. The highest BCUT2D eigenvalue weighted by Gasteiger charge is 2.39. The van der Waals surface area contributed by atoms with Gasteiger partial charge in [0.2, 0.25) is 5.88 Å². The largest absolute Gasteiger partial charge is 0.480 e. The van der Waals surface area contributed by atoms with E-state index in [1.807, 2.05) is 6.07 Å². The molecule has 0 bridgehead atoms. The minimum absolute atomic E-state index is 0.157. The van der Waals surface area contributed by atoms with E-state index in [4.69, 9.17) is 15.5 Å². The maximum atomic E-state index is 9.31. The van der Waals surface area contributed by atoms with Gasteiger partial charge in [0.05, 0.1) is 12.6 Å². The van der Waals surface area contributed by atoms with Crippen molar-refractivity contribution >= 4 is 28.3 Å². The van der Waals surface area contributed by atoms with Gasteiger partial charge >= 0.3 is 0 Å². The predicted octanol–water partition coefficient (Wildman–Crippen LogP) is 3.67. The molecule has 0 amide bonds. The van der Waals surface area contributed by atoms with Crippen LogP contribution in [-0.2, 0) is 12.0 Å². The summed E-state index contributed by atoms with van der Waals surface area (Å²) in [6.07, 6.45) is 6.09. The van der Waals surface area contributed by atoms with Gasteiger partial charge < -0.3 is 10.5 Å². The number of methoxy groups -OCH3 is 1. The first-order valence-electron chi connectivity index (χ1n) is 8.21. The Kier molecular flexibility index (Phi) is 4.18. The fraction of sp³-hybridized carbons (Fsp3) is 0.389. The van der Waals surface area contributed by atoms with Gasteiger partial charge in [-0.25, -0.2) is 4.98 Å². The molecular formula is C18H18N4OS2. The van der Waals surface area contributed by atoms with Crippen LogP contribution in [0, 0.1) is 11.3 Å². The van der Waals surface area contributed by atoms with E-state index in [1.165, 1.54) is 17.6 Å². The highest BCUT2D eigenvalue weighted by molar-refractivity contribution is 8.13. The lowest BCUT2D eigenvalue weighted by Crippen LogP contribution is -2.34. The lowest BCUT2D eigenvalue weighted by Gasteiger charge is -2.36. The SMILES string of the molecule is COc1ncc(-c2cc3c(s2)CCCC32CCSC(N)=N2)cc1C#N. The number of nitriles is 1. The van der Waals surface area contributed by atoms with Crippen LogP contribution in [0.1, 0.15) is 35.3 Å². The molecule has 2 aliphatic rings. The third-order valence-electron chi connectivity index (χ3n) is 4.84. The fourth-order valence-corrected chi connectivity index (χ4v) is 5.82. The highest BCUT2D eigenvalue weighted by Crippen LogP contribution is 2.49. The number of nitrogens with two attached hydrogens (primary N) is 1. The van der Waals surface area contributed by atoms with Crippen molar-refractivity contribution in [3.05, 3.63) is 34.3 Å². The summed E-state index contributed by atoms with van der Waals surface area (Å²) in [4.78, 5) is 11.7. The molecule has 5 nitrogen and oxygen atoms in total. The molecule has 7 heteroatoms. The molecule has 0 aromatic carbocycles. The van der Waals surface area contributed by atoms with E-state index in [9.17, 15) is 5.26 Å². The maximum Gasteiger partial charge on any atom is 0.231 e. The standard InChI is InChI=1S/C18H18N4OS2/c1-23-16-11(9-19)7-12(10-21-16)15-8-13-14(25-15)3-2-4-18(13)5-6-24-17(20)22-18/h7-8,10H,2-6H2,1H3,(H2,20,22). The van der Waals surface area contributed by atoms with Crippen molar-refractivity contribution in [3.63, 3.8) is 0 Å². The first-order valence-corrected chi connectivity index (χ1v) is 10.0. The Morgan fingerprint density at radius 3 is 3.00 bits per heavy atom.